The maximum absolute atomic E-state index is 11.0. The fourth-order valence-corrected chi connectivity index (χ4v) is 2.42. The fourth-order valence-electron chi connectivity index (χ4n) is 2.42. The van der Waals surface area contributed by atoms with Crippen LogP contribution in [0.4, 0.5) is 17.3 Å². The molecule has 2 heterocycles. The first kappa shape index (κ1) is 15.5. The molecule has 0 amide bonds. The van der Waals surface area contributed by atoms with Gasteiger partial charge in [0.2, 0.25) is 0 Å². The minimum Gasteiger partial charge on any atom is -0.376 e. The van der Waals surface area contributed by atoms with Crippen LogP contribution in [0.25, 0.3) is 0 Å². The number of anilines is 2. The molecular weight excluding hydrogens is 272 g/mol. The van der Waals surface area contributed by atoms with Gasteiger partial charge in [-0.1, -0.05) is 0 Å². The maximum atomic E-state index is 11.0. The van der Waals surface area contributed by atoms with Gasteiger partial charge in [-0.2, -0.15) is 0 Å². The van der Waals surface area contributed by atoms with Crippen LogP contribution in [0.15, 0.2) is 12.1 Å². The summed E-state index contributed by atoms with van der Waals surface area (Å²) in [6.45, 7) is 4.09. The van der Waals surface area contributed by atoms with Crippen molar-refractivity contribution in [2.45, 2.75) is 32.3 Å². The van der Waals surface area contributed by atoms with Crippen molar-refractivity contribution in [3.05, 3.63) is 22.2 Å². The molecule has 1 aliphatic rings. The van der Waals surface area contributed by atoms with E-state index in [1.807, 2.05) is 18.9 Å². The van der Waals surface area contributed by atoms with E-state index in [2.05, 4.69) is 10.3 Å². The number of likely N-dealkylation sites (N-methyl/N-ethyl adjacent to an activating group) is 1. The number of nitrogens with zero attached hydrogens (tertiary/aromatic N) is 3. The van der Waals surface area contributed by atoms with Crippen molar-refractivity contribution < 1.29 is 9.66 Å². The number of nitro groups is 1. The molecule has 7 heteroatoms. The van der Waals surface area contributed by atoms with Gasteiger partial charge >= 0.3 is 0 Å². The third kappa shape index (κ3) is 4.29. The van der Waals surface area contributed by atoms with Crippen LogP contribution < -0.4 is 10.2 Å². The Morgan fingerprint density at radius 1 is 1.52 bits per heavy atom. The zero-order chi connectivity index (χ0) is 15.2. The van der Waals surface area contributed by atoms with Crippen molar-refractivity contribution >= 4 is 17.3 Å². The number of aromatic nitrogens is 1. The second kappa shape index (κ2) is 7.21. The Labute approximate surface area is 124 Å². The number of ether oxygens (including phenoxy) is 1. The molecule has 0 radical (unpaired) electrons. The molecule has 116 valence electrons. The lowest BCUT2D eigenvalue weighted by molar-refractivity contribution is -0.384. The van der Waals surface area contributed by atoms with E-state index in [9.17, 15) is 10.1 Å². The fraction of sp³-hybridized carbons (Fsp3) is 0.643. The second-order valence-electron chi connectivity index (χ2n) is 5.23. The minimum atomic E-state index is -0.392. The van der Waals surface area contributed by atoms with Crippen LogP contribution in [-0.4, -0.2) is 42.8 Å². The first-order valence-electron chi connectivity index (χ1n) is 7.33. The lowest BCUT2D eigenvalue weighted by atomic mass is 10.1. The third-order valence-corrected chi connectivity index (χ3v) is 3.51. The van der Waals surface area contributed by atoms with Crippen LogP contribution in [0.2, 0.25) is 0 Å². The molecule has 21 heavy (non-hydrogen) atoms. The Morgan fingerprint density at radius 3 is 2.95 bits per heavy atom. The van der Waals surface area contributed by atoms with Crippen LogP contribution in [0.5, 0.6) is 0 Å². The monoisotopic (exact) mass is 294 g/mol. The zero-order valence-electron chi connectivity index (χ0n) is 12.5. The summed E-state index contributed by atoms with van der Waals surface area (Å²) in [5.74, 6) is 1.12. The zero-order valence-corrected chi connectivity index (χ0v) is 12.5. The predicted octanol–water partition coefficient (Wildman–Crippen LogP) is 2.43. The molecule has 0 spiro atoms. The maximum Gasteiger partial charge on any atom is 0.276 e. The Morgan fingerprint density at radius 2 is 2.33 bits per heavy atom. The molecule has 1 aromatic heterocycles. The van der Waals surface area contributed by atoms with Gasteiger partial charge in [-0.25, -0.2) is 4.98 Å². The summed E-state index contributed by atoms with van der Waals surface area (Å²) in [5.41, 5.74) is 0.0485. The molecule has 0 bridgehead atoms. The molecule has 2 rings (SSSR count). The van der Waals surface area contributed by atoms with Crippen molar-refractivity contribution in [1.29, 1.82) is 0 Å². The summed E-state index contributed by atoms with van der Waals surface area (Å²) in [7, 11) is 1.89. The van der Waals surface area contributed by atoms with E-state index in [1.165, 1.54) is 18.6 Å². The Hall–Kier alpha value is -1.89. The van der Waals surface area contributed by atoms with Crippen molar-refractivity contribution in [3.63, 3.8) is 0 Å². The molecular formula is C14H22N4O3. The average Bonchev–Trinajstić information content (AvgIpc) is 2.48. The van der Waals surface area contributed by atoms with Gasteiger partial charge in [0.15, 0.2) is 0 Å². The summed E-state index contributed by atoms with van der Waals surface area (Å²) < 4.78 is 5.71. The highest BCUT2D eigenvalue weighted by atomic mass is 16.6. The number of nitrogens with one attached hydrogen (secondary N) is 1. The number of hydrogen-bond acceptors (Lipinski definition) is 6. The van der Waals surface area contributed by atoms with Gasteiger partial charge in [0.1, 0.15) is 11.6 Å². The Balaban J connectivity index is 2.13. The van der Waals surface area contributed by atoms with Crippen molar-refractivity contribution in [2.75, 3.05) is 37.0 Å². The molecule has 1 atom stereocenters. The van der Waals surface area contributed by atoms with Crippen LogP contribution in [0, 0.1) is 10.1 Å². The molecule has 0 saturated carbocycles. The number of rotatable bonds is 6. The van der Waals surface area contributed by atoms with Crippen molar-refractivity contribution in [2.24, 2.45) is 0 Å². The quantitative estimate of drug-likeness (QED) is 0.641. The lowest BCUT2D eigenvalue weighted by Gasteiger charge is -2.28. The standard InChI is InChI=1S/C14H22N4O3/c1-3-15-13-8-11(18(19)20)9-14(16-13)17(2)10-12-6-4-5-7-21-12/h8-9,12H,3-7,10H2,1-2H3,(H,15,16). The molecule has 0 aliphatic carbocycles. The van der Waals surface area contributed by atoms with Gasteiger partial charge in [-0.05, 0) is 26.2 Å². The highest BCUT2D eigenvalue weighted by Gasteiger charge is 2.19. The largest absolute Gasteiger partial charge is 0.376 e. The van der Waals surface area contributed by atoms with Gasteiger partial charge in [0.05, 0.1) is 23.2 Å². The molecule has 1 saturated heterocycles. The van der Waals surface area contributed by atoms with Crippen LogP contribution in [0.3, 0.4) is 0 Å². The Kier molecular flexibility index (Phi) is 5.32. The van der Waals surface area contributed by atoms with Gasteiger partial charge in [0.25, 0.3) is 5.69 Å². The smallest absolute Gasteiger partial charge is 0.276 e. The average molecular weight is 294 g/mol. The van der Waals surface area contributed by atoms with Gasteiger partial charge in [-0.15, -0.1) is 0 Å². The summed E-state index contributed by atoms with van der Waals surface area (Å²) >= 11 is 0. The Bertz CT molecular complexity index is 489. The van der Waals surface area contributed by atoms with Crippen molar-refractivity contribution in [1.82, 2.24) is 4.98 Å². The highest BCUT2D eigenvalue weighted by molar-refractivity contribution is 5.55. The molecule has 1 aromatic rings. The first-order valence-corrected chi connectivity index (χ1v) is 7.33. The van der Waals surface area contributed by atoms with E-state index in [-0.39, 0.29) is 11.8 Å². The van der Waals surface area contributed by atoms with Crippen LogP contribution in [-0.2, 0) is 4.74 Å². The summed E-state index contributed by atoms with van der Waals surface area (Å²) in [5, 5.41) is 14.1. The SMILES string of the molecule is CCNc1cc([N+](=O)[O-])cc(N(C)CC2CCCCO2)n1. The molecule has 1 N–H and O–H groups in total. The normalized spacial score (nSPS) is 18.3. The lowest BCUT2D eigenvalue weighted by Crippen LogP contribution is -2.33. The van der Waals surface area contributed by atoms with Gasteiger partial charge < -0.3 is 15.0 Å². The number of hydrogen-bond donors (Lipinski definition) is 1. The van der Waals surface area contributed by atoms with Crippen LogP contribution >= 0.6 is 0 Å². The van der Waals surface area contributed by atoms with Gasteiger partial charge in [0, 0.05) is 26.7 Å². The topological polar surface area (TPSA) is 80.5 Å². The van der Waals surface area contributed by atoms with E-state index in [0.717, 1.165) is 19.4 Å². The molecule has 7 nitrogen and oxygen atoms in total. The number of pyridine rings is 1. The van der Waals surface area contributed by atoms with Crippen molar-refractivity contribution in [3.8, 4) is 0 Å². The summed E-state index contributed by atoms with van der Waals surface area (Å²) in [6.07, 6.45) is 3.48. The summed E-state index contributed by atoms with van der Waals surface area (Å²) in [4.78, 5) is 17.0. The molecule has 1 unspecified atom stereocenters. The molecule has 1 fully saturated rings. The predicted molar refractivity (Wildman–Crippen MR) is 81.9 cm³/mol. The highest BCUT2D eigenvalue weighted by Crippen LogP contribution is 2.24. The first-order chi connectivity index (χ1) is 10.1. The van der Waals surface area contributed by atoms with Crippen LogP contribution in [0.1, 0.15) is 26.2 Å². The second-order valence-corrected chi connectivity index (χ2v) is 5.23. The van der Waals surface area contributed by atoms with E-state index in [1.54, 1.807) is 0 Å². The minimum absolute atomic E-state index is 0.0485. The van der Waals surface area contributed by atoms with E-state index in [4.69, 9.17) is 4.74 Å². The molecule has 1 aliphatic heterocycles. The molecule has 0 aromatic carbocycles. The third-order valence-electron chi connectivity index (χ3n) is 3.51. The van der Waals surface area contributed by atoms with E-state index in [0.29, 0.717) is 24.7 Å². The summed E-state index contributed by atoms with van der Waals surface area (Å²) in [6, 6.07) is 2.96. The van der Waals surface area contributed by atoms with E-state index < -0.39 is 4.92 Å². The van der Waals surface area contributed by atoms with E-state index >= 15 is 0 Å². The van der Waals surface area contributed by atoms with Gasteiger partial charge in [-0.3, -0.25) is 10.1 Å².